The first-order chi connectivity index (χ1) is 16.5. The highest BCUT2D eigenvalue weighted by Crippen LogP contribution is 2.30. The summed E-state index contributed by atoms with van der Waals surface area (Å²) in [4.78, 5) is 34.7. The third kappa shape index (κ3) is 3.83. The minimum absolute atomic E-state index is 0.0260. The molecule has 1 unspecified atom stereocenters. The lowest BCUT2D eigenvalue weighted by atomic mass is 9.93. The Morgan fingerprint density at radius 1 is 1.26 bits per heavy atom. The predicted molar refractivity (Wildman–Crippen MR) is 132 cm³/mol. The Balaban J connectivity index is 1.47. The fourth-order valence-corrected chi connectivity index (χ4v) is 4.20. The van der Waals surface area contributed by atoms with Crippen LogP contribution in [0.1, 0.15) is 16.7 Å². The van der Waals surface area contributed by atoms with Crippen LogP contribution in [-0.4, -0.2) is 44.3 Å². The monoisotopic (exact) mass is 451 g/mol. The molecule has 1 atom stereocenters. The first-order valence-corrected chi connectivity index (χ1v) is 10.8. The standard InChI is InChI=1S/C25H22N8O/c1-2-20(34)33-13-15(9-16-5-3-4-6-19(16)33)11-29-25-21(23(27)31-14-32-25)22(26)18-10-17-7-8-28-24(17)30-12-18/h2-8,10-12,14-15,26H,1,9,13H2,(H,28,30)(H2,27,31,32)/p+1. The summed E-state index contributed by atoms with van der Waals surface area (Å²) >= 11 is 0. The molecule has 5 rings (SSSR count). The second kappa shape index (κ2) is 8.70. The van der Waals surface area contributed by atoms with E-state index >= 15 is 0 Å². The maximum Gasteiger partial charge on any atom is 0.250 e. The van der Waals surface area contributed by atoms with Crippen molar-refractivity contribution in [2.45, 2.75) is 6.42 Å². The Hall–Kier alpha value is -4.66. The predicted octanol–water partition coefficient (Wildman–Crippen LogP) is 1.63. The van der Waals surface area contributed by atoms with Gasteiger partial charge in [-0.3, -0.25) is 10.2 Å². The Bertz CT molecular complexity index is 1450. The van der Waals surface area contributed by atoms with Crippen LogP contribution >= 0.6 is 0 Å². The van der Waals surface area contributed by atoms with Crippen molar-refractivity contribution >= 4 is 46.2 Å². The lowest BCUT2D eigenvalue weighted by Gasteiger charge is -2.32. The van der Waals surface area contributed by atoms with Gasteiger partial charge in [-0.05, 0) is 36.3 Å². The lowest BCUT2D eigenvalue weighted by molar-refractivity contribution is -0.114. The number of hydrogen-bond acceptors (Lipinski definition) is 6. The van der Waals surface area contributed by atoms with E-state index in [-0.39, 0.29) is 17.6 Å². The molecule has 1 aromatic carbocycles. The highest BCUT2D eigenvalue weighted by atomic mass is 16.2. The molecule has 0 fully saturated rings. The second-order valence-electron chi connectivity index (χ2n) is 8.03. The van der Waals surface area contributed by atoms with Gasteiger partial charge in [0.1, 0.15) is 23.4 Å². The van der Waals surface area contributed by atoms with Gasteiger partial charge in [0.15, 0.2) is 5.82 Å². The highest BCUT2D eigenvalue weighted by Gasteiger charge is 2.27. The molecule has 0 aliphatic carbocycles. The van der Waals surface area contributed by atoms with E-state index in [1.54, 1.807) is 17.3 Å². The molecule has 4 aromatic rings. The molecule has 1 amide bonds. The number of H-pyrrole nitrogens is 1. The Morgan fingerprint density at radius 3 is 2.97 bits per heavy atom. The van der Waals surface area contributed by atoms with Crippen LogP contribution in [0, 0.1) is 5.92 Å². The molecule has 5 N–H and O–H groups in total. The second-order valence-corrected chi connectivity index (χ2v) is 8.03. The van der Waals surface area contributed by atoms with Crippen molar-refractivity contribution in [3.63, 3.8) is 0 Å². The summed E-state index contributed by atoms with van der Waals surface area (Å²) in [5.74, 6) is 0.413. The summed E-state index contributed by atoms with van der Waals surface area (Å²) < 4.78 is 0. The maximum atomic E-state index is 12.5. The number of amides is 1. The van der Waals surface area contributed by atoms with Gasteiger partial charge < -0.3 is 15.6 Å². The van der Waals surface area contributed by atoms with Crippen LogP contribution in [0.15, 0.2) is 72.8 Å². The quantitative estimate of drug-likeness (QED) is 0.313. The number of nitrogens with one attached hydrogen (secondary N) is 1. The molecule has 9 heteroatoms. The molecular weight excluding hydrogens is 428 g/mol. The molecule has 4 heterocycles. The van der Waals surface area contributed by atoms with E-state index in [9.17, 15) is 4.79 Å². The number of carbonyl (C=O) groups is 1. The number of para-hydroxylation sites is 1. The van der Waals surface area contributed by atoms with Gasteiger partial charge >= 0.3 is 0 Å². The first-order valence-electron chi connectivity index (χ1n) is 10.8. The third-order valence-corrected chi connectivity index (χ3v) is 5.87. The number of aromatic nitrogens is 4. The fourth-order valence-electron chi connectivity index (χ4n) is 4.20. The van der Waals surface area contributed by atoms with E-state index in [0.29, 0.717) is 29.2 Å². The molecule has 0 spiro atoms. The number of carbonyl (C=O) groups excluding carboxylic acids is 1. The zero-order chi connectivity index (χ0) is 23.7. The number of benzene rings is 1. The van der Waals surface area contributed by atoms with Crippen molar-refractivity contribution in [3.05, 3.63) is 84.5 Å². The van der Waals surface area contributed by atoms with Crippen LogP contribution in [0.5, 0.6) is 0 Å². The van der Waals surface area contributed by atoms with E-state index in [1.165, 1.54) is 12.4 Å². The highest BCUT2D eigenvalue weighted by molar-refractivity contribution is 6.15. The smallest absolute Gasteiger partial charge is 0.250 e. The van der Waals surface area contributed by atoms with Crippen LogP contribution in [-0.2, 0) is 11.2 Å². The van der Waals surface area contributed by atoms with Gasteiger partial charge in [-0.15, -0.1) is 0 Å². The number of aromatic amines is 1. The summed E-state index contributed by atoms with van der Waals surface area (Å²) in [6.45, 7) is 4.11. The van der Waals surface area contributed by atoms with Crippen molar-refractivity contribution in [1.29, 1.82) is 0 Å². The number of pyridine rings is 1. The molecule has 168 valence electrons. The van der Waals surface area contributed by atoms with E-state index < -0.39 is 0 Å². The largest absolute Gasteiger partial charge is 0.383 e. The zero-order valence-electron chi connectivity index (χ0n) is 18.3. The summed E-state index contributed by atoms with van der Waals surface area (Å²) in [5, 5.41) is 7.42. The number of hydrogen-bond donors (Lipinski definition) is 3. The van der Waals surface area contributed by atoms with E-state index in [2.05, 4.69) is 31.5 Å². The molecule has 0 saturated carbocycles. The van der Waals surface area contributed by atoms with Crippen LogP contribution in [0.4, 0.5) is 17.3 Å². The van der Waals surface area contributed by atoms with E-state index in [4.69, 9.17) is 11.1 Å². The molecular formula is C25H23N8O+. The van der Waals surface area contributed by atoms with Crippen molar-refractivity contribution in [2.75, 3.05) is 17.2 Å². The molecule has 9 nitrogen and oxygen atoms in total. The topological polar surface area (TPSA) is 139 Å². The Kier molecular flexibility index (Phi) is 5.43. The van der Waals surface area contributed by atoms with E-state index in [1.807, 2.05) is 42.6 Å². The van der Waals surface area contributed by atoms with Crippen molar-refractivity contribution in [3.8, 4) is 0 Å². The van der Waals surface area contributed by atoms with Crippen molar-refractivity contribution in [2.24, 2.45) is 10.9 Å². The zero-order valence-corrected chi connectivity index (χ0v) is 18.3. The average Bonchev–Trinajstić information content (AvgIpc) is 3.34. The molecule has 1 aliphatic rings. The minimum atomic E-state index is -0.150. The molecule has 3 aromatic heterocycles. The van der Waals surface area contributed by atoms with Gasteiger partial charge in [0.25, 0.3) is 0 Å². The summed E-state index contributed by atoms with van der Waals surface area (Å²) in [6.07, 6.45) is 8.71. The number of aliphatic imine (C=N–C) groups is 1. The summed E-state index contributed by atoms with van der Waals surface area (Å²) in [7, 11) is 0. The van der Waals surface area contributed by atoms with Gasteiger partial charge in [0.05, 0.1) is 5.56 Å². The Morgan fingerprint density at radius 2 is 2.12 bits per heavy atom. The first kappa shape index (κ1) is 21.2. The van der Waals surface area contributed by atoms with Gasteiger partial charge in [-0.25, -0.2) is 19.9 Å². The number of fused-ring (bicyclic) bond motifs is 2. The molecule has 0 saturated heterocycles. The van der Waals surface area contributed by atoms with Gasteiger partial charge in [0.2, 0.25) is 11.6 Å². The van der Waals surface area contributed by atoms with E-state index in [0.717, 1.165) is 28.7 Å². The molecule has 1 aliphatic heterocycles. The van der Waals surface area contributed by atoms with Gasteiger partial charge in [-0.1, -0.05) is 24.8 Å². The Labute approximate surface area is 195 Å². The summed E-state index contributed by atoms with van der Waals surface area (Å²) in [5.41, 5.74) is 10.5. The minimum Gasteiger partial charge on any atom is -0.383 e. The SMILES string of the molecule is C=CC(=O)N1CC(C=Nc2ncnc(N)c2C(=[NH2+])c2cnc3[nH]ccc3c2)Cc2ccccc21. The van der Waals surface area contributed by atoms with Gasteiger partial charge in [0, 0.05) is 42.1 Å². The van der Waals surface area contributed by atoms with Crippen LogP contribution in [0.25, 0.3) is 11.0 Å². The number of nitrogen functional groups attached to an aromatic ring is 1. The average molecular weight is 452 g/mol. The molecule has 34 heavy (non-hydrogen) atoms. The van der Waals surface area contributed by atoms with Crippen LogP contribution < -0.4 is 16.0 Å². The van der Waals surface area contributed by atoms with Crippen molar-refractivity contribution in [1.82, 2.24) is 19.9 Å². The normalized spacial score (nSPS) is 15.4. The van der Waals surface area contributed by atoms with Crippen LogP contribution in [0.2, 0.25) is 0 Å². The molecule has 0 radical (unpaired) electrons. The number of nitrogens with two attached hydrogens (primary N) is 2. The van der Waals surface area contributed by atoms with Crippen LogP contribution in [0.3, 0.4) is 0 Å². The summed E-state index contributed by atoms with van der Waals surface area (Å²) in [6, 6.07) is 11.7. The fraction of sp³-hybridized carbons (Fsp3) is 0.120. The molecule has 0 bridgehead atoms. The van der Waals surface area contributed by atoms with Gasteiger partial charge in [-0.2, -0.15) is 0 Å². The maximum absolute atomic E-state index is 12.5. The lowest BCUT2D eigenvalue weighted by Crippen LogP contribution is -2.41. The van der Waals surface area contributed by atoms with Crippen molar-refractivity contribution < 1.29 is 10.2 Å². The number of anilines is 2. The number of rotatable bonds is 5. The number of nitrogens with zero attached hydrogens (tertiary/aromatic N) is 5. The third-order valence-electron chi connectivity index (χ3n) is 5.87.